The molecule has 0 atom stereocenters. The van der Waals surface area contributed by atoms with Gasteiger partial charge in [0.05, 0.1) is 15.6 Å². The molecule has 2 amide bonds. The Hall–Kier alpha value is -2.64. The molecule has 0 aliphatic heterocycles. The van der Waals surface area contributed by atoms with E-state index in [2.05, 4.69) is 15.6 Å². The molecule has 0 radical (unpaired) electrons. The van der Waals surface area contributed by atoms with Crippen molar-refractivity contribution in [3.05, 3.63) is 69.8 Å². The van der Waals surface area contributed by atoms with Gasteiger partial charge in [0, 0.05) is 19.3 Å². The molecule has 0 fully saturated rings. The van der Waals surface area contributed by atoms with Crippen LogP contribution in [-0.4, -0.2) is 34.3 Å². The maximum atomic E-state index is 14.3. The summed E-state index contributed by atoms with van der Waals surface area (Å²) >= 11 is 11.7. The molecule has 9 heteroatoms. The van der Waals surface area contributed by atoms with Gasteiger partial charge in [-0.05, 0) is 24.3 Å². The molecule has 26 heavy (non-hydrogen) atoms. The Morgan fingerprint density at radius 1 is 1.04 bits per heavy atom. The summed E-state index contributed by atoms with van der Waals surface area (Å²) in [6, 6.07) is 9.67. The van der Waals surface area contributed by atoms with Crippen molar-refractivity contribution in [3.63, 3.8) is 0 Å². The monoisotopic (exact) mass is 394 g/mol. The number of nitrogens with one attached hydrogen (secondary N) is 2. The van der Waals surface area contributed by atoms with E-state index in [1.54, 1.807) is 30.3 Å². The number of hydrogen-bond donors (Lipinski definition) is 2. The predicted molar refractivity (Wildman–Crippen MR) is 96.3 cm³/mol. The second-order valence-electron chi connectivity index (χ2n) is 5.32. The fraction of sp³-hybridized carbons (Fsp3) is 0.118. The molecule has 0 saturated carbocycles. The normalized spacial score (nSPS) is 10.7. The summed E-state index contributed by atoms with van der Waals surface area (Å²) in [5.41, 5.74) is 0.262. The zero-order chi connectivity index (χ0) is 18.7. The highest BCUT2D eigenvalue weighted by Crippen LogP contribution is 2.16. The highest BCUT2D eigenvalue weighted by molar-refractivity contribution is 6.33. The van der Waals surface area contributed by atoms with Crippen molar-refractivity contribution >= 4 is 40.7 Å². The average Bonchev–Trinajstić information content (AvgIpc) is 2.95. The Labute approximate surface area is 157 Å². The number of aromatic nitrogens is 2. The van der Waals surface area contributed by atoms with E-state index in [0.717, 1.165) is 4.40 Å². The van der Waals surface area contributed by atoms with Crippen LogP contribution in [0.3, 0.4) is 0 Å². The van der Waals surface area contributed by atoms with E-state index in [0.29, 0.717) is 15.6 Å². The molecule has 0 aliphatic rings. The lowest BCUT2D eigenvalue weighted by Gasteiger charge is -2.07. The van der Waals surface area contributed by atoms with Crippen molar-refractivity contribution in [1.82, 2.24) is 20.0 Å². The van der Waals surface area contributed by atoms with E-state index in [9.17, 15) is 14.0 Å². The minimum Gasteiger partial charge on any atom is -0.350 e. The van der Waals surface area contributed by atoms with Crippen LogP contribution in [0.4, 0.5) is 4.39 Å². The number of rotatable bonds is 5. The highest BCUT2D eigenvalue weighted by atomic mass is 35.5. The van der Waals surface area contributed by atoms with Crippen LogP contribution in [0.25, 0.3) is 5.65 Å². The number of halogens is 3. The summed E-state index contributed by atoms with van der Waals surface area (Å²) in [6.07, 6.45) is 1.33. The smallest absolute Gasteiger partial charge is 0.274 e. The molecule has 1 aromatic carbocycles. The van der Waals surface area contributed by atoms with Gasteiger partial charge in [0.15, 0.2) is 5.69 Å². The topological polar surface area (TPSA) is 75.5 Å². The Morgan fingerprint density at radius 3 is 2.46 bits per heavy atom. The van der Waals surface area contributed by atoms with Crippen molar-refractivity contribution in [3.8, 4) is 0 Å². The molecule has 0 bridgehead atoms. The molecule has 3 aromatic rings. The molecular formula is C17H13Cl2FN4O2. The summed E-state index contributed by atoms with van der Waals surface area (Å²) in [5, 5.41) is 5.78. The lowest BCUT2D eigenvalue weighted by Crippen LogP contribution is -2.35. The maximum Gasteiger partial charge on any atom is 0.274 e. The van der Waals surface area contributed by atoms with Gasteiger partial charge in [0.2, 0.25) is 5.95 Å². The summed E-state index contributed by atoms with van der Waals surface area (Å²) < 4.78 is 15.4. The van der Waals surface area contributed by atoms with Crippen LogP contribution in [0.1, 0.15) is 20.8 Å². The molecular weight excluding hydrogens is 382 g/mol. The number of hydrogen-bond acceptors (Lipinski definition) is 3. The Kier molecular flexibility index (Phi) is 5.39. The first-order valence-electron chi connectivity index (χ1n) is 7.61. The van der Waals surface area contributed by atoms with Gasteiger partial charge < -0.3 is 10.6 Å². The molecule has 3 rings (SSSR count). The first-order valence-corrected chi connectivity index (χ1v) is 8.37. The van der Waals surface area contributed by atoms with Crippen LogP contribution in [0, 0.1) is 5.95 Å². The van der Waals surface area contributed by atoms with Crippen LogP contribution >= 0.6 is 23.2 Å². The van der Waals surface area contributed by atoms with Crippen LogP contribution in [0.2, 0.25) is 10.0 Å². The molecule has 0 unspecified atom stereocenters. The zero-order valence-corrected chi connectivity index (χ0v) is 14.8. The lowest BCUT2D eigenvalue weighted by molar-refractivity contribution is 0.0922. The largest absolute Gasteiger partial charge is 0.350 e. The number of benzene rings is 1. The van der Waals surface area contributed by atoms with E-state index in [4.69, 9.17) is 23.2 Å². The number of nitrogens with zero attached hydrogens (tertiary/aromatic N) is 2. The number of carbonyl (C=O) groups is 2. The SMILES string of the molecule is O=C(NCCNC(=O)c1nc2ccc(Cl)cn2c1F)c1ccccc1Cl. The van der Waals surface area contributed by atoms with Gasteiger partial charge in [-0.3, -0.25) is 14.0 Å². The minimum absolute atomic E-state index is 0.100. The van der Waals surface area contributed by atoms with Gasteiger partial charge in [-0.1, -0.05) is 35.3 Å². The number of fused-ring (bicyclic) bond motifs is 1. The summed E-state index contributed by atoms with van der Waals surface area (Å²) in [6.45, 7) is 0.250. The standard InChI is InChI=1S/C17H13Cl2FN4O2/c18-10-5-6-13-23-14(15(20)24(13)9-10)17(26)22-8-7-21-16(25)11-3-1-2-4-12(11)19/h1-6,9H,7-8H2,(H,21,25)(H,22,26). The van der Waals surface area contributed by atoms with Crippen molar-refractivity contribution in [2.45, 2.75) is 0 Å². The first kappa shape index (κ1) is 18.2. The van der Waals surface area contributed by atoms with Crippen LogP contribution < -0.4 is 10.6 Å². The molecule has 0 saturated heterocycles. The molecule has 0 spiro atoms. The minimum atomic E-state index is -0.805. The average molecular weight is 395 g/mol. The number of carbonyl (C=O) groups excluding carboxylic acids is 2. The summed E-state index contributed by atoms with van der Waals surface area (Å²) in [5.74, 6) is -1.85. The van der Waals surface area contributed by atoms with Crippen molar-refractivity contribution in [2.24, 2.45) is 0 Å². The Balaban J connectivity index is 1.57. The van der Waals surface area contributed by atoms with E-state index < -0.39 is 11.9 Å². The molecule has 0 aliphatic carbocycles. The van der Waals surface area contributed by atoms with E-state index in [-0.39, 0.29) is 30.3 Å². The second-order valence-corrected chi connectivity index (χ2v) is 6.16. The van der Waals surface area contributed by atoms with E-state index in [1.807, 2.05) is 0 Å². The second kappa shape index (κ2) is 7.72. The van der Waals surface area contributed by atoms with Gasteiger partial charge in [0.25, 0.3) is 11.8 Å². The van der Waals surface area contributed by atoms with Crippen molar-refractivity contribution in [1.29, 1.82) is 0 Å². The van der Waals surface area contributed by atoms with E-state index in [1.165, 1.54) is 12.3 Å². The fourth-order valence-electron chi connectivity index (χ4n) is 2.31. The van der Waals surface area contributed by atoms with Crippen LogP contribution in [-0.2, 0) is 0 Å². The third kappa shape index (κ3) is 3.79. The highest BCUT2D eigenvalue weighted by Gasteiger charge is 2.19. The molecule has 2 N–H and O–H groups in total. The Morgan fingerprint density at radius 2 is 1.73 bits per heavy atom. The molecule has 6 nitrogen and oxygen atoms in total. The fourth-order valence-corrected chi connectivity index (χ4v) is 2.69. The third-order valence-electron chi connectivity index (χ3n) is 3.55. The van der Waals surface area contributed by atoms with Crippen molar-refractivity contribution < 1.29 is 14.0 Å². The van der Waals surface area contributed by atoms with Gasteiger partial charge >= 0.3 is 0 Å². The van der Waals surface area contributed by atoms with Gasteiger partial charge in [0.1, 0.15) is 5.65 Å². The quantitative estimate of drug-likeness (QED) is 0.653. The summed E-state index contributed by atoms with van der Waals surface area (Å²) in [7, 11) is 0. The molecule has 2 aromatic heterocycles. The zero-order valence-electron chi connectivity index (χ0n) is 13.3. The predicted octanol–water partition coefficient (Wildman–Crippen LogP) is 2.94. The van der Waals surface area contributed by atoms with Gasteiger partial charge in [-0.15, -0.1) is 0 Å². The summed E-state index contributed by atoms with van der Waals surface area (Å²) in [4.78, 5) is 28.0. The van der Waals surface area contributed by atoms with Crippen LogP contribution in [0.15, 0.2) is 42.6 Å². The van der Waals surface area contributed by atoms with Gasteiger partial charge in [-0.2, -0.15) is 4.39 Å². The third-order valence-corrected chi connectivity index (χ3v) is 4.11. The van der Waals surface area contributed by atoms with Gasteiger partial charge in [-0.25, -0.2) is 4.98 Å². The van der Waals surface area contributed by atoms with Crippen molar-refractivity contribution in [2.75, 3.05) is 13.1 Å². The number of amides is 2. The lowest BCUT2D eigenvalue weighted by atomic mass is 10.2. The molecule has 134 valence electrons. The molecule has 2 heterocycles. The Bertz CT molecular complexity index is 990. The maximum absolute atomic E-state index is 14.3. The first-order chi connectivity index (χ1) is 12.5. The van der Waals surface area contributed by atoms with E-state index >= 15 is 0 Å². The number of imidazole rings is 1. The number of pyridine rings is 1. The van der Waals surface area contributed by atoms with Crippen LogP contribution in [0.5, 0.6) is 0 Å².